The van der Waals surface area contributed by atoms with Crippen molar-refractivity contribution >= 4 is 49.4 Å². The minimum Gasteiger partial charge on any atom is -0.310 e. The smallest absolute Gasteiger partial charge is 0.0465 e. The molecular formula is C55H45N. The second-order valence-electron chi connectivity index (χ2n) is 17.0. The Balaban J connectivity index is 1.06. The van der Waals surface area contributed by atoms with Crippen LogP contribution in [-0.2, 0) is 10.8 Å². The molecule has 270 valence electrons. The van der Waals surface area contributed by atoms with Crippen molar-refractivity contribution in [2.75, 3.05) is 4.90 Å². The van der Waals surface area contributed by atoms with Crippen LogP contribution in [-0.4, -0.2) is 0 Å². The summed E-state index contributed by atoms with van der Waals surface area (Å²) in [5, 5.41) is 7.78. The molecule has 0 aliphatic heterocycles. The third kappa shape index (κ3) is 5.53. The van der Waals surface area contributed by atoms with E-state index in [9.17, 15) is 0 Å². The quantitative estimate of drug-likeness (QED) is 0.160. The van der Waals surface area contributed by atoms with Crippen LogP contribution in [0.4, 0.5) is 17.1 Å². The first kappa shape index (κ1) is 34.1. The molecule has 1 aliphatic rings. The predicted molar refractivity (Wildman–Crippen MR) is 241 cm³/mol. The Hall–Kier alpha value is -6.44. The molecule has 0 aromatic heterocycles. The Morgan fingerprint density at radius 2 is 0.786 bits per heavy atom. The van der Waals surface area contributed by atoms with Crippen LogP contribution >= 0.6 is 0 Å². The fourth-order valence-electron chi connectivity index (χ4n) is 9.13. The van der Waals surface area contributed by atoms with Gasteiger partial charge in [-0.05, 0) is 130 Å². The van der Waals surface area contributed by atoms with E-state index in [1.807, 2.05) is 0 Å². The number of rotatable bonds is 5. The minimum absolute atomic E-state index is 0.0912. The fourth-order valence-corrected chi connectivity index (χ4v) is 9.13. The van der Waals surface area contributed by atoms with Gasteiger partial charge in [0.25, 0.3) is 0 Å². The molecule has 1 heteroatoms. The summed E-state index contributed by atoms with van der Waals surface area (Å²) >= 11 is 0. The lowest BCUT2D eigenvalue weighted by atomic mass is 9.82. The van der Waals surface area contributed by atoms with E-state index < -0.39 is 0 Å². The molecule has 1 aliphatic carbocycles. The normalized spacial score (nSPS) is 13.2. The van der Waals surface area contributed by atoms with Gasteiger partial charge in [0.05, 0.1) is 0 Å². The van der Waals surface area contributed by atoms with Gasteiger partial charge in [0.15, 0.2) is 0 Å². The van der Waals surface area contributed by atoms with E-state index in [1.54, 1.807) is 0 Å². The lowest BCUT2D eigenvalue weighted by Gasteiger charge is -2.28. The van der Waals surface area contributed by atoms with Crippen LogP contribution in [0.3, 0.4) is 0 Å². The Kier molecular flexibility index (Phi) is 7.80. The summed E-state index contributed by atoms with van der Waals surface area (Å²) in [5.74, 6) is 0. The highest BCUT2D eigenvalue weighted by molar-refractivity contribution is 6.25. The lowest BCUT2D eigenvalue weighted by Crippen LogP contribution is -2.16. The molecule has 0 heterocycles. The van der Waals surface area contributed by atoms with Crippen molar-refractivity contribution in [2.45, 2.75) is 45.4 Å². The Morgan fingerprint density at radius 1 is 0.357 bits per heavy atom. The molecular weight excluding hydrogens is 675 g/mol. The highest BCUT2D eigenvalue weighted by Gasteiger charge is 2.35. The topological polar surface area (TPSA) is 3.24 Å². The molecule has 0 fully saturated rings. The summed E-state index contributed by atoms with van der Waals surface area (Å²) in [4.78, 5) is 2.41. The molecule has 56 heavy (non-hydrogen) atoms. The highest BCUT2D eigenvalue weighted by atomic mass is 15.1. The first-order valence-electron chi connectivity index (χ1n) is 19.8. The third-order valence-corrected chi connectivity index (χ3v) is 12.2. The number of fused-ring (bicyclic) bond motifs is 9. The summed E-state index contributed by atoms with van der Waals surface area (Å²) in [5.41, 5.74) is 15.1. The van der Waals surface area contributed by atoms with Crippen LogP contribution in [0.25, 0.3) is 65.7 Å². The van der Waals surface area contributed by atoms with Gasteiger partial charge in [-0.25, -0.2) is 0 Å². The summed E-state index contributed by atoms with van der Waals surface area (Å²) < 4.78 is 0. The Labute approximate surface area is 330 Å². The molecule has 1 nitrogen and oxygen atoms in total. The van der Waals surface area contributed by atoms with Gasteiger partial charge < -0.3 is 4.90 Å². The zero-order valence-electron chi connectivity index (χ0n) is 32.8. The monoisotopic (exact) mass is 719 g/mol. The van der Waals surface area contributed by atoms with Gasteiger partial charge >= 0.3 is 0 Å². The van der Waals surface area contributed by atoms with Crippen molar-refractivity contribution in [3.8, 4) is 33.4 Å². The molecule has 0 N–H and O–H groups in total. The van der Waals surface area contributed by atoms with Gasteiger partial charge in [0, 0.05) is 22.5 Å². The van der Waals surface area contributed by atoms with Crippen LogP contribution in [0.2, 0.25) is 0 Å². The predicted octanol–water partition coefficient (Wildman–Crippen LogP) is 15.6. The Morgan fingerprint density at radius 3 is 1.36 bits per heavy atom. The molecule has 0 bridgehead atoms. The minimum atomic E-state index is -0.0912. The van der Waals surface area contributed by atoms with Gasteiger partial charge in [0.2, 0.25) is 0 Å². The molecule has 0 amide bonds. The van der Waals surface area contributed by atoms with Crippen LogP contribution in [0, 0.1) is 0 Å². The third-order valence-electron chi connectivity index (χ3n) is 12.2. The van der Waals surface area contributed by atoms with Crippen LogP contribution in [0.5, 0.6) is 0 Å². The second kappa shape index (κ2) is 12.8. The van der Waals surface area contributed by atoms with Crippen LogP contribution < -0.4 is 4.90 Å². The van der Waals surface area contributed by atoms with Gasteiger partial charge in [-0.15, -0.1) is 0 Å². The average Bonchev–Trinajstić information content (AvgIpc) is 3.46. The first-order valence-corrected chi connectivity index (χ1v) is 19.8. The van der Waals surface area contributed by atoms with E-state index >= 15 is 0 Å². The zero-order valence-corrected chi connectivity index (χ0v) is 32.8. The maximum Gasteiger partial charge on any atom is 0.0465 e. The maximum absolute atomic E-state index is 2.42. The number of benzene rings is 9. The molecule has 0 unspecified atom stereocenters. The summed E-state index contributed by atoms with van der Waals surface area (Å²) in [6.07, 6.45) is 0. The number of hydrogen-bond donors (Lipinski definition) is 0. The van der Waals surface area contributed by atoms with E-state index in [2.05, 4.69) is 222 Å². The molecule has 0 spiro atoms. The molecule has 0 atom stereocenters. The van der Waals surface area contributed by atoms with Crippen molar-refractivity contribution in [3.63, 3.8) is 0 Å². The van der Waals surface area contributed by atoms with Crippen molar-refractivity contribution < 1.29 is 0 Å². The summed E-state index contributed by atoms with van der Waals surface area (Å²) in [7, 11) is 0. The first-order chi connectivity index (χ1) is 27.1. The van der Waals surface area contributed by atoms with Gasteiger partial charge in [-0.3, -0.25) is 0 Å². The van der Waals surface area contributed by atoms with Crippen molar-refractivity contribution in [1.82, 2.24) is 0 Å². The van der Waals surface area contributed by atoms with Crippen molar-refractivity contribution in [2.24, 2.45) is 0 Å². The van der Waals surface area contributed by atoms with Crippen LogP contribution in [0.1, 0.15) is 51.3 Å². The van der Waals surface area contributed by atoms with E-state index in [-0.39, 0.29) is 10.8 Å². The van der Waals surface area contributed by atoms with Crippen molar-refractivity contribution in [3.05, 3.63) is 199 Å². The van der Waals surface area contributed by atoms with E-state index in [0.717, 1.165) is 17.1 Å². The second-order valence-corrected chi connectivity index (χ2v) is 17.0. The molecule has 10 rings (SSSR count). The number of nitrogens with zero attached hydrogens (tertiary/aromatic N) is 1. The molecule has 9 aromatic rings. The van der Waals surface area contributed by atoms with E-state index in [4.69, 9.17) is 0 Å². The SMILES string of the molecule is CC(C)(C)c1ccc(-c2ccc(N(c3ccc(-c4ccc5c6ccccc6c6ccccc6c5c4)cc3)c3ccc4c(c3)C(C)(C)c3ccccc3-4)cc2)cc1. The standard InChI is InChI=1S/C55H45N/c1-54(2,3)40-25-18-36(19-26-40)37-20-27-41(28-21-37)56(43-31-33-50-49-16-10-11-17-52(49)55(4,5)53(50)35-43)42-29-22-38(23-30-42)39-24-32-48-46-14-7-6-12-44(46)45-13-8-9-15-47(45)51(48)34-39/h6-35H,1-5H3. The fraction of sp³-hybridized carbons (Fsp3) is 0.127. The van der Waals surface area contributed by atoms with Crippen molar-refractivity contribution in [1.29, 1.82) is 0 Å². The summed E-state index contributed by atoms with van der Waals surface area (Å²) in [6, 6.07) is 67.7. The van der Waals surface area contributed by atoms with Gasteiger partial charge in [-0.2, -0.15) is 0 Å². The Bertz CT molecular complexity index is 2910. The van der Waals surface area contributed by atoms with Crippen LogP contribution in [0.15, 0.2) is 182 Å². The maximum atomic E-state index is 2.42. The van der Waals surface area contributed by atoms with Gasteiger partial charge in [0.1, 0.15) is 0 Å². The molecule has 0 saturated heterocycles. The average molecular weight is 720 g/mol. The lowest BCUT2D eigenvalue weighted by molar-refractivity contribution is 0.590. The van der Waals surface area contributed by atoms with E-state index in [1.165, 1.54) is 82.4 Å². The van der Waals surface area contributed by atoms with Gasteiger partial charge in [-0.1, -0.05) is 174 Å². The number of anilines is 3. The molecule has 0 saturated carbocycles. The molecule has 0 radical (unpaired) electrons. The molecule has 9 aromatic carbocycles. The largest absolute Gasteiger partial charge is 0.310 e. The number of hydrogen-bond acceptors (Lipinski definition) is 1. The highest BCUT2D eigenvalue weighted by Crippen LogP contribution is 2.51. The van der Waals surface area contributed by atoms with E-state index in [0.29, 0.717) is 0 Å². The zero-order chi connectivity index (χ0) is 38.2. The summed E-state index contributed by atoms with van der Waals surface area (Å²) in [6.45, 7) is 11.5.